The van der Waals surface area contributed by atoms with E-state index in [2.05, 4.69) is 0 Å². The molecule has 0 saturated carbocycles. The fourth-order valence-corrected chi connectivity index (χ4v) is 2.75. The Morgan fingerprint density at radius 3 is 2.53 bits per heavy atom. The number of thiophene rings is 1. The van der Waals surface area contributed by atoms with Gasteiger partial charge in [0.05, 0.1) is 12.7 Å². The van der Waals surface area contributed by atoms with Gasteiger partial charge in [-0.15, -0.1) is 11.3 Å². The van der Waals surface area contributed by atoms with E-state index in [0.717, 1.165) is 0 Å². The molecule has 0 aliphatic carbocycles. The van der Waals surface area contributed by atoms with Gasteiger partial charge in [0.2, 0.25) is 0 Å². The zero-order valence-corrected chi connectivity index (χ0v) is 11.3. The monoisotopic (exact) mass is 276 g/mol. The maximum atomic E-state index is 11.7. The third-order valence-electron chi connectivity index (χ3n) is 2.75. The number of carboxylic acids is 1. The van der Waals surface area contributed by atoms with Crippen LogP contribution in [0.2, 0.25) is 0 Å². The Morgan fingerprint density at radius 2 is 1.95 bits per heavy atom. The van der Waals surface area contributed by atoms with Crippen molar-refractivity contribution in [2.45, 2.75) is 6.92 Å². The first-order valence-corrected chi connectivity index (χ1v) is 6.42. The van der Waals surface area contributed by atoms with E-state index in [9.17, 15) is 9.59 Å². The molecule has 1 N–H and O–H groups in total. The Balaban J connectivity index is 2.68. The van der Waals surface area contributed by atoms with Crippen molar-refractivity contribution in [3.8, 4) is 16.2 Å². The minimum Gasteiger partial charge on any atom is -0.497 e. The van der Waals surface area contributed by atoms with Gasteiger partial charge in [-0.2, -0.15) is 0 Å². The van der Waals surface area contributed by atoms with Crippen molar-refractivity contribution in [2.75, 3.05) is 7.11 Å². The summed E-state index contributed by atoms with van der Waals surface area (Å²) in [7, 11) is 1.53. The van der Waals surface area contributed by atoms with Crippen LogP contribution < -0.4 is 4.74 Å². The minimum atomic E-state index is -1.01. The number of methoxy groups -OCH3 is 1. The van der Waals surface area contributed by atoms with Crippen molar-refractivity contribution in [3.63, 3.8) is 0 Å². The molecule has 0 unspecified atom stereocenters. The summed E-state index contributed by atoms with van der Waals surface area (Å²) in [6.07, 6.45) is 0. The highest BCUT2D eigenvalue weighted by molar-refractivity contribution is 7.14. The van der Waals surface area contributed by atoms with Crippen molar-refractivity contribution in [1.29, 1.82) is 0 Å². The Kier molecular flexibility index (Phi) is 3.66. The number of ether oxygens (including phenoxy) is 1. The number of aromatic carboxylic acids is 1. The molecule has 0 radical (unpaired) electrons. The summed E-state index contributed by atoms with van der Waals surface area (Å²) >= 11 is 1.29. The average Bonchev–Trinajstić information content (AvgIpc) is 2.87. The van der Waals surface area contributed by atoms with E-state index in [1.54, 1.807) is 23.6 Å². The quantitative estimate of drug-likeness (QED) is 0.870. The van der Waals surface area contributed by atoms with Gasteiger partial charge in [0, 0.05) is 16.0 Å². The molecule has 1 heterocycles. The number of carbonyl (C=O) groups is 2. The van der Waals surface area contributed by atoms with E-state index in [1.807, 2.05) is 0 Å². The van der Waals surface area contributed by atoms with E-state index >= 15 is 0 Å². The van der Waals surface area contributed by atoms with Crippen LogP contribution in [-0.2, 0) is 0 Å². The van der Waals surface area contributed by atoms with Gasteiger partial charge in [-0.25, -0.2) is 4.79 Å². The molecule has 0 aliphatic rings. The predicted molar refractivity (Wildman–Crippen MR) is 73.3 cm³/mol. The van der Waals surface area contributed by atoms with Crippen LogP contribution in [0.4, 0.5) is 0 Å². The lowest BCUT2D eigenvalue weighted by atomic mass is 10.0. The lowest BCUT2D eigenvalue weighted by Gasteiger charge is -2.09. The van der Waals surface area contributed by atoms with Crippen molar-refractivity contribution in [3.05, 3.63) is 40.8 Å². The standard InChI is InChI=1S/C14H12O4S/c1-8(15)10-4-3-9(18-2)7-12(10)13-11(14(16)17)5-6-19-13/h3-7H,1-2H3,(H,16,17). The molecule has 2 rings (SSSR count). The summed E-state index contributed by atoms with van der Waals surface area (Å²) in [5.41, 5.74) is 1.28. The molecule has 0 bridgehead atoms. The third-order valence-corrected chi connectivity index (χ3v) is 3.69. The van der Waals surface area contributed by atoms with Crippen molar-refractivity contribution < 1.29 is 19.4 Å². The highest BCUT2D eigenvalue weighted by atomic mass is 32.1. The topological polar surface area (TPSA) is 63.6 Å². The summed E-state index contributed by atoms with van der Waals surface area (Å²) < 4.78 is 5.13. The average molecular weight is 276 g/mol. The zero-order chi connectivity index (χ0) is 14.0. The molecule has 0 saturated heterocycles. The first-order valence-electron chi connectivity index (χ1n) is 5.54. The highest BCUT2D eigenvalue weighted by Gasteiger charge is 2.18. The highest BCUT2D eigenvalue weighted by Crippen LogP contribution is 2.34. The molecule has 19 heavy (non-hydrogen) atoms. The van der Waals surface area contributed by atoms with Gasteiger partial charge < -0.3 is 9.84 Å². The molecule has 0 fully saturated rings. The molecule has 2 aromatic rings. The fourth-order valence-electron chi connectivity index (χ4n) is 1.83. The number of hydrogen-bond acceptors (Lipinski definition) is 4. The number of hydrogen-bond donors (Lipinski definition) is 1. The second kappa shape index (κ2) is 5.24. The number of rotatable bonds is 4. The first kappa shape index (κ1) is 13.3. The van der Waals surface area contributed by atoms with Crippen LogP contribution in [0.1, 0.15) is 27.6 Å². The third kappa shape index (κ3) is 2.51. The van der Waals surface area contributed by atoms with Crippen molar-refractivity contribution in [2.24, 2.45) is 0 Å². The largest absolute Gasteiger partial charge is 0.497 e. The second-order valence-corrected chi connectivity index (χ2v) is 4.85. The maximum absolute atomic E-state index is 11.7. The van der Waals surface area contributed by atoms with Crippen LogP contribution >= 0.6 is 11.3 Å². The van der Waals surface area contributed by atoms with Crippen LogP contribution in [0.15, 0.2) is 29.6 Å². The molecule has 1 aromatic heterocycles. The summed E-state index contributed by atoms with van der Waals surface area (Å²) in [5, 5.41) is 10.9. The van der Waals surface area contributed by atoms with Gasteiger partial charge in [-0.05, 0) is 36.6 Å². The van der Waals surface area contributed by atoms with Gasteiger partial charge in [0.15, 0.2) is 5.78 Å². The Morgan fingerprint density at radius 1 is 1.21 bits per heavy atom. The van der Waals surface area contributed by atoms with E-state index in [-0.39, 0.29) is 11.3 Å². The molecule has 4 nitrogen and oxygen atoms in total. The molecule has 0 amide bonds. The number of ketones is 1. The molecule has 0 aliphatic heterocycles. The number of Topliss-reactive ketones (excluding diaryl/α,β-unsaturated/α-hetero) is 1. The van der Waals surface area contributed by atoms with E-state index < -0.39 is 5.97 Å². The van der Waals surface area contributed by atoms with E-state index in [0.29, 0.717) is 21.8 Å². The Bertz CT molecular complexity index is 643. The lowest BCUT2D eigenvalue weighted by molar-refractivity contribution is 0.0698. The van der Waals surface area contributed by atoms with Crippen LogP contribution in [0, 0.1) is 0 Å². The Hall–Kier alpha value is -2.14. The molecule has 0 atom stereocenters. The maximum Gasteiger partial charge on any atom is 0.337 e. The van der Waals surface area contributed by atoms with Gasteiger partial charge >= 0.3 is 5.97 Å². The van der Waals surface area contributed by atoms with Gasteiger partial charge in [0.1, 0.15) is 5.75 Å². The summed E-state index contributed by atoms with van der Waals surface area (Å²) in [6, 6.07) is 6.57. The first-order chi connectivity index (χ1) is 9.04. The molecule has 1 aromatic carbocycles. The molecule has 98 valence electrons. The SMILES string of the molecule is COc1ccc(C(C)=O)c(-c2sccc2C(=O)O)c1. The van der Waals surface area contributed by atoms with Crippen molar-refractivity contribution in [1.82, 2.24) is 0 Å². The number of carboxylic acid groups (broad SMARTS) is 1. The zero-order valence-electron chi connectivity index (χ0n) is 10.5. The summed E-state index contributed by atoms with van der Waals surface area (Å²) in [6.45, 7) is 1.46. The van der Waals surface area contributed by atoms with Gasteiger partial charge in [-0.1, -0.05) is 0 Å². The Labute approximate surface area is 114 Å². The second-order valence-electron chi connectivity index (χ2n) is 3.94. The lowest BCUT2D eigenvalue weighted by Crippen LogP contribution is -2.00. The van der Waals surface area contributed by atoms with Gasteiger partial charge in [0.25, 0.3) is 0 Å². The van der Waals surface area contributed by atoms with Crippen LogP contribution in [0.5, 0.6) is 5.75 Å². The molecule has 0 spiro atoms. The predicted octanol–water partition coefficient (Wildman–Crippen LogP) is 3.32. The van der Waals surface area contributed by atoms with Crippen LogP contribution in [-0.4, -0.2) is 24.0 Å². The number of benzene rings is 1. The van der Waals surface area contributed by atoms with Crippen LogP contribution in [0.3, 0.4) is 0 Å². The van der Waals surface area contributed by atoms with E-state index in [1.165, 1.54) is 31.4 Å². The normalized spacial score (nSPS) is 10.2. The molecular formula is C14H12O4S. The van der Waals surface area contributed by atoms with Crippen molar-refractivity contribution >= 4 is 23.1 Å². The molecule has 5 heteroatoms. The molecular weight excluding hydrogens is 264 g/mol. The van der Waals surface area contributed by atoms with Crippen LogP contribution in [0.25, 0.3) is 10.4 Å². The fraction of sp³-hybridized carbons (Fsp3) is 0.143. The smallest absolute Gasteiger partial charge is 0.337 e. The van der Waals surface area contributed by atoms with E-state index in [4.69, 9.17) is 9.84 Å². The van der Waals surface area contributed by atoms with Gasteiger partial charge in [-0.3, -0.25) is 4.79 Å². The number of carbonyl (C=O) groups excluding carboxylic acids is 1. The minimum absolute atomic E-state index is 0.109. The summed E-state index contributed by atoms with van der Waals surface area (Å²) in [5.74, 6) is -0.527. The summed E-state index contributed by atoms with van der Waals surface area (Å²) in [4.78, 5) is 23.4.